The van der Waals surface area contributed by atoms with Crippen molar-refractivity contribution in [2.45, 2.75) is 130 Å². The maximum atomic E-state index is 11.7. The van der Waals surface area contributed by atoms with Crippen molar-refractivity contribution in [1.29, 1.82) is 0 Å². The molecule has 0 spiro atoms. The summed E-state index contributed by atoms with van der Waals surface area (Å²) >= 11 is 0. The van der Waals surface area contributed by atoms with Crippen LogP contribution in [-0.4, -0.2) is 11.9 Å². The van der Waals surface area contributed by atoms with Crippen LogP contribution in [0, 0.1) is 5.92 Å². The molecule has 0 saturated heterocycles. The maximum absolute atomic E-state index is 11.7. The largest absolute Gasteiger partial charge is 0.393 e. The molecule has 0 radical (unpaired) electrons. The molecule has 0 aromatic rings. The van der Waals surface area contributed by atoms with Crippen LogP contribution in [0.4, 0.5) is 0 Å². The van der Waals surface area contributed by atoms with Gasteiger partial charge in [-0.15, -0.1) is 0 Å². The summed E-state index contributed by atoms with van der Waals surface area (Å²) in [6, 6.07) is 0. The summed E-state index contributed by atoms with van der Waals surface area (Å²) < 4.78 is 4.92. The van der Waals surface area contributed by atoms with Gasteiger partial charge in [-0.25, -0.2) is 0 Å². The van der Waals surface area contributed by atoms with Gasteiger partial charge < -0.3 is 4.74 Å². The minimum Gasteiger partial charge on any atom is -0.393 e. The van der Waals surface area contributed by atoms with E-state index in [2.05, 4.69) is 20.8 Å². The van der Waals surface area contributed by atoms with Crippen molar-refractivity contribution in [3.8, 4) is 0 Å². The van der Waals surface area contributed by atoms with Gasteiger partial charge in [-0.3, -0.25) is 9.59 Å². The highest BCUT2D eigenvalue weighted by Crippen LogP contribution is 2.17. The monoisotopic (exact) mass is 368 g/mol. The molecule has 0 aromatic carbocycles. The van der Waals surface area contributed by atoms with Gasteiger partial charge in [-0.1, -0.05) is 104 Å². The van der Waals surface area contributed by atoms with E-state index in [0.717, 1.165) is 31.6 Å². The normalized spacial score (nSPS) is 12.1. The number of rotatable bonds is 18. The fraction of sp³-hybridized carbons (Fsp3) is 0.913. The molecular weight excluding hydrogens is 324 g/mol. The van der Waals surface area contributed by atoms with E-state index in [-0.39, 0.29) is 11.9 Å². The quantitative estimate of drug-likeness (QED) is 0.144. The molecule has 3 nitrogen and oxygen atoms in total. The Balaban J connectivity index is 3.46. The van der Waals surface area contributed by atoms with Crippen molar-refractivity contribution in [3.05, 3.63) is 0 Å². The Morgan fingerprint density at radius 3 is 1.54 bits per heavy atom. The molecule has 0 fully saturated rings. The highest BCUT2D eigenvalue weighted by Gasteiger charge is 2.10. The summed E-state index contributed by atoms with van der Waals surface area (Å²) in [4.78, 5) is 23.4. The van der Waals surface area contributed by atoms with E-state index in [1.807, 2.05) is 0 Å². The summed E-state index contributed by atoms with van der Waals surface area (Å²) in [6.45, 7) is 6.75. The molecule has 0 bridgehead atoms. The van der Waals surface area contributed by atoms with Crippen molar-refractivity contribution in [2.24, 2.45) is 5.92 Å². The summed E-state index contributed by atoms with van der Waals surface area (Å²) in [5, 5.41) is 0. The number of esters is 2. The third kappa shape index (κ3) is 17.9. The number of hydrogen-bond donors (Lipinski definition) is 0. The Labute approximate surface area is 162 Å². The van der Waals surface area contributed by atoms with Gasteiger partial charge >= 0.3 is 11.9 Å². The fourth-order valence-electron chi connectivity index (χ4n) is 3.28. The smallest absolute Gasteiger partial charge is 0.313 e. The van der Waals surface area contributed by atoms with Gasteiger partial charge in [0.1, 0.15) is 0 Å². The molecule has 0 rings (SSSR count). The Bertz CT molecular complexity index is 338. The van der Waals surface area contributed by atoms with Crippen molar-refractivity contribution in [1.82, 2.24) is 0 Å². The minimum absolute atomic E-state index is 0.339. The first kappa shape index (κ1) is 25.1. The zero-order chi connectivity index (χ0) is 19.5. The van der Waals surface area contributed by atoms with Gasteiger partial charge in [-0.2, -0.15) is 0 Å². The summed E-state index contributed by atoms with van der Waals surface area (Å²) in [5.41, 5.74) is 0. The van der Waals surface area contributed by atoms with E-state index >= 15 is 0 Å². The fourth-order valence-corrected chi connectivity index (χ4v) is 3.28. The molecule has 1 atom stereocenters. The van der Waals surface area contributed by atoms with Crippen molar-refractivity contribution < 1.29 is 14.3 Å². The SMILES string of the molecule is CCCCCCCCCCC(=O)OC(=O)CCCCC(C)CCCCC. The molecule has 0 aromatic heterocycles. The van der Waals surface area contributed by atoms with E-state index in [9.17, 15) is 9.59 Å². The number of hydrogen-bond acceptors (Lipinski definition) is 3. The molecule has 0 N–H and O–H groups in total. The molecule has 0 saturated carbocycles. The summed E-state index contributed by atoms with van der Waals surface area (Å²) in [7, 11) is 0. The van der Waals surface area contributed by atoms with Crippen molar-refractivity contribution in [2.75, 3.05) is 0 Å². The molecule has 0 aliphatic heterocycles. The van der Waals surface area contributed by atoms with Gasteiger partial charge in [0.15, 0.2) is 0 Å². The molecule has 0 heterocycles. The zero-order valence-electron chi connectivity index (χ0n) is 17.8. The lowest BCUT2D eigenvalue weighted by atomic mass is 9.97. The van der Waals surface area contributed by atoms with Crippen LogP contribution in [0.1, 0.15) is 130 Å². The lowest BCUT2D eigenvalue weighted by molar-refractivity contribution is -0.159. The third-order valence-electron chi connectivity index (χ3n) is 5.09. The highest BCUT2D eigenvalue weighted by atomic mass is 16.6. The van der Waals surface area contributed by atoms with Crippen molar-refractivity contribution >= 4 is 11.9 Å². The number of carbonyl (C=O) groups is 2. The number of ether oxygens (including phenoxy) is 1. The van der Waals surface area contributed by atoms with Crippen LogP contribution in [0.5, 0.6) is 0 Å². The van der Waals surface area contributed by atoms with Crippen LogP contribution in [0.3, 0.4) is 0 Å². The predicted octanol–water partition coefficient (Wildman–Crippen LogP) is 7.36. The first-order valence-corrected chi connectivity index (χ1v) is 11.3. The van der Waals surface area contributed by atoms with E-state index in [1.54, 1.807) is 0 Å². The summed E-state index contributed by atoms with van der Waals surface area (Å²) in [5.74, 6) is 0.0586. The van der Waals surface area contributed by atoms with Crippen LogP contribution in [0.25, 0.3) is 0 Å². The zero-order valence-corrected chi connectivity index (χ0v) is 17.8. The number of carbonyl (C=O) groups excluding carboxylic acids is 2. The molecule has 0 aliphatic carbocycles. The lowest BCUT2D eigenvalue weighted by Gasteiger charge is -2.10. The Hall–Kier alpha value is -0.860. The molecule has 154 valence electrons. The number of unbranched alkanes of at least 4 members (excludes halogenated alkanes) is 10. The first-order valence-electron chi connectivity index (χ1n) is 11.3. The Kier molecular flexibility index (Phi) is 18.3. The standard InChI is InChI=1S/C23H44O3/c1-4-6-8-9-10-11-12-14-19-22(24)26-23(25)20-16-15-18-21(3)17-13-7-5-2/h21H,4-20H2,1-3H3. The average molecular weight is 369 g/mol. The second-order valence-corrected chi connectivity index (χ2v) is 7.92. The molecule has 1 unspecified atom stereocenters. The van der Waals surface area contributed by atoms with E-state index in [1.165, 1.54) is 70.6 Å². The first-order chi connectivity index (χ1) is 12.6. The second kappa shape index (κ2) is 18.9. The second-order valence-electron chi connectivity index (χ2n) is 7.92. The molecule has 0 amide bonds. The van der Waals surface area contributed by atoms with Gasteiger partial charge in [0, 0.05) is 12.8 Å². The maximum Gasteiger partial charge on any atom is 0.313 e. The van der Waals surface area contributed by atoms with Gasteiger partial charge in [0.2, 0.25) is 0 Å². The Morgan fingerprint density at radius 1 is 0.615 bits per heavy atom. The van der Waals surface area contributed by atoms with Crippen molar-refractivity contribution in [3.63, 3.8) is 0 Å². The van der Waals surface area contributed by atoms with Crippen LogP contribution in [0.15, 0.2) is 0 Å². The summed E-state index contributed by atoms with van der Waals surface area (Å²) in [6.07, 6.45) is 18.6. The van der Waals surface area contributed by atoms with Gasteiger partial charge in [-0.05, 0) is 18.8 Å². The van der Waals surface area contributed by atoms with Crippen LogP contribution < -0.4 is 0 Å². The molecule has 3 heteroatoms. The highest BCUT2D eigenvalue weighted by molar-refractivity contribution is 5.85. The van der Waals surface area contributed by atoms with E-state index in [0.29, 0.717) is 12.8 Å². The molecule has 0 aliphatic rings. The van der Waals surface area contributed by atoms with E-state index in [4.69, 9.17) is 4.74 Å². The third-order valence-corrected chi connectivity index (χ3v) is 5.09. The average Bonchev–Trinajstić information content (AvgIpc) is 2.61. The van der Waals surface area contributed by atoms with Crippen LogP contribution in [0.2, 0.25) is 0 Å². The molecule has 26 heavy (non-hydrogen) atoms. The lowest BCUT2D eigenvalue weighted by Crippen LogP contribution is -2.12. The van der Waals surface area contributed by atoms with Crippen LogP contribution in [-0.2, 0) is 14.3 Å². The Morgan fingerprint density at radius 2 is 1.00 bits per heavy atom. The minimum atomic E-state index is -0.340. The van der Waals surface area contributed by atoms with Gasteiger partial charge in [0.05, 0.1) is 0 Å². The van der Waals surface area contributed by atoms with Gasteiger partial charge in [0.25, 0.3) is 0 Å². The molecular formula is C23H44O3. The van der Waals surface area contributed by atoms with E-state index < -0.39 is 0 Å². The van der Waals surface area contributed by atoms with Crippen LogP contribution >= 0.6 is 0 Å². The predicted molar refractivity (Wildman–Crippen MR) is 110 cm³/mol. The topological polar surface area (TPSA) is 43.4 Å².